The summed E-state index contributed by atoms with van der Waals surface area (Å²) in [5.74, 6) is -1.99. The molecule has 5 saturated carbocycles. The fraction of sp³-hybridized carbons (Fsp3) is 0.636. The molecule has 1 aromatic rings. The minimum Gasteiger partial charge on any atom is -0.369 e. The quantitative estimate of drug-likeness (QED) is 0.638. The van der Waals surface area contributed by atoms with Gasteiger partial charge in [0.25, 0.3) is 0 Å². The van der Waals surface area contributed by atoms with Gasteiger partial charge in [-0.25, -0.2) is 17.2 Å². The average Bonchev–Trinajstić information content (AvgIpc) is 3.53. The monoisotopic (exact) mass is 467 g/mol. The molecule has 1 aromatic carbocycles. The van der Waals surface area contributed by atoms with E-state index < -0.39 is 44.4 Å². The number of halogens is 2. The lowest BCUT2D eigenvalue weighted by molar-refractivity contribution is -0.147. The Labute approximate surface area is 185 Å². The van der Waals surface area contributed by atoms with E-state index in [1.165, 1.54) is 0 Å². The molecule has 7 nitrogen and oxygen atoms in total. The molecule has 0 radical (unpaired) electrons. The minimum atomic E-state index is -4.29. The highest BCUT2D eigenvalue weighted by molar-refractivity contribution is 7.89. The summed E-state index contributed by atoms with van der Waals surface area (Å²) in [5, 5.41) is 3.03. The molecule has 32 heavy (non-hydrogen) atoms. The third kappa shape index (κ3) is 3.61. The molecule has 3 N–H and O–H groups in total. The average molecular weight is 468 g/mol. The Kier molecular flexibility index (Phi) is 5.09. The molecule has 5 fully saturated rings. The highest BCUT2D eigenvalue weighted by Crippen LogP contribution is 2.59. The summed E-state index contributed by atoms with van der Waals surface area (Å²) >= 11 is 0. The maximum absolute atomic E-state index is 14.2. The Hall–Kier alpha value is -2.07. The Balaban J connectivity index is 1.31. The summed E-state index contributed by atoms with van der Waals surface area (Å²) in [5.41, 5.74) is 5.24. The molecule has 2 amide bonds. The van der Waals surface area contributed by atoms with Crippen LogP contribution in [0.2, 0.25) is 0 Å². The van der Waals surface area contributed by atoms with Crippen molar-refractivity contribution in [1.82, 2.24) is 9.62 Å². The Morgan fingerprint density at radius 3 is 2.34 bits per heavy atom. The second-order valence-electron chi connectivity index (χ2n) is 10.1. The number of hydrogen-bond donors (Lipinski definition) is 2. The molecule has 0 aromatic heterocycles. The number of nitrogens with two attached hydrogens (primary N) is 1. The van der Waals surface area contributed by atoms with Crippen LogP contribution >= 0.6 is 0 Å². The van der Waals surface area contributed by atoms with Crippen LogP contribution in [0.1, 0.15) is 44.9 Å². The van der Waals surface area contributed by atoms with Gasteiger partial charge in [-0.3, -0.25) is 9.59 Å². The van der Waals surface area contributed by atoms with Crippen LogP contribution in [0.15, 0.2) is 23.1 Å². The predicted molar refractivity (Wildman–Crippen MR) is 110 cm³/mol. The minimum absolute atomic E-state index is 0.113. The van der Waals surface area contributed by atoms with Gasteiger partial charge in [-0.05, 0) is 74.8 Å². The van der Waals surface area contributed by atoms with Crippen LogP contribution in [0.5, 0.6) is 0 Å². The van der Waals surface area contributed by atoms with E-state index in [1.54, 1.807) is 0 Å². The number of rotatable bonds is 7. The largest absolute Gasteiger partial charge is 0.369 e. The van der Waals surface area contributed by atoms with Gasteiger partial charge < -0.3 is 11.1 Å². The first kappa shape index (κ1) is 21.8. The van der Waals surface area contributed by atoms with E-state index >= 15 is 0 Å². The zero-order valence-electron chi connectivity index (χ0n) is 17.6. The molecule has 4 bridgehead atoms. The molecule has 10 heteroatoms. The van der Waals surface area contributed by atoms with Gasteiger partial charge in [0.05, 0.1) is 6.54 Å². The van der Waals surface area contributed by atoms with Gasteiger partial charge in [-0.1, -0.05) is 0 Å². The second kappa shape index (κ2) is 7.48. The van der Waals surface area contributed by atoms with Crippen LogP contribution in [0.3, 0.4) is 0 Å². The van der Waals surface area contributed by atoms with E-state index in [2.05, 4.69) is 5.32 Å². The first-order valence-electron chi connectivity index (χ1n) is 11.2. The van der Waals surface area contributed by atoms with Crippen LogP contribution in [-0.4, -0.2) is 43.2 Å². The molecule has 2 unspecified atom stereocenters. The first-order valence-corrected chi connectivity index (χ1v) is 12.6. The molecule has 0 spiro atoms. The molecule has 6 rings (SSSR count). The van der Waals surface area contributed by atoms with Crippen molar-refractivity contribution in [1.29, 1.82) is 0 Å². The lowest BCUT2D eigenvalue weighted by Gasteiger charge is -2.58. The number of nitrogens with one attached hydrogen (secondary N) is 1. The maximum atomic E-state index is 14.2. The van der Waals surface area contributed by atoms with Crippen molar-refractivity contribution >= 4 is 21.8 Å². The summed E-state index contributed by atoms with van der Waals surface area (Å²) in [6.07, 6.45) is 5.19. The second-order valence-corrected chi connectivity index (χ2v) is 11.9. The van der Waals surface area contributed by atoms with Crippen LogP contribution in [0.25, 0.3) is 0 Å². The number of benzene rings is 1. The van der Waals surface area contributed by atoms with Gasteiger partial charge in [0.1, 0.15) is 16.5 Å². The predicted octanol–water partition coefficient (Wildman–Crippen LogP) is 1.91. The van der Waals surface area contributed by atoms with Crippen LogP contribution in [-0.2, 0) is 19.6 Å². The third-order valence-corrected chi connectivity index (χ3v) is 9.79. The van der Waals surface area contributed by atoms with E-state index in [0.717, 1.165) is 35.7 Å². The molecule has 0 saturated heterocycles. The van der Waals surface area contributed by atoms with Crippen molar-refractivity contribution in [2.75, 3.05) is 6.54 Å². The van der Waals surface area contributed by atoms with E-state index in [1.807, 2.05) is 0 Å². The number of carbonyl (C=O) groups is 2. The van der Waals surface area contributed by atoms with Gasteiger partial charge in [-0.2, -0.15) is 4.31 Å². The molecule has 5 aliphatic rings. The highest BCUT2D eigenvalue weighted by Gasteiger charge is 2.58. The zero-order chi connectivity index (χ0) is 22.8. The first-order chi connectivity index (χ1) is 15.1. The van der Waals surface area contributed by atoms with E-state index in [-0.39, 0.29) is 29.8 Å². The van der Waals surface area contributed by atoms with Crippen molar-refractivity contribution in [2.45, 2.75) is 61.9 Å². The smallest absolute Gasteiger partial charge is 0.246 e. The topological polar surface area (TPSA) is 110 Å². The number of hydrogen-bond acceptors (Lipinski definition) is 4. The summed E-state index contributed by atoms with van der Waals surface area (Å²) in [4.78, 5) is 24.4. The number of amides is 2. The van der Waals surface area contributed by atoms with E-state index in [4.69, 9.17) is 5.73 Å². The zero-order valence-corrected chi connectivity index (χ0v) is 18.4. The summed E-state index contributed by atoms with van der Waals surface area (Å²) in [6, 6.07) is 1.84. The normalized spacial score (nSPS) is 33.5. The molecular formula is C22H27F2N3O4S. The molecule has 174 valence electrons. The molecule has 0 aliphatic heterocycles. The Morgan fingerprint density at radius 1 is 1.12 bits per heavy atom. The SMILES string of the molecule is NC(=O)C12CC3CC(C1)C(NC(=O)CN(C1CC1)S(=O)(=O)c1ccc(F)cc1F)C(C3)C2. The van der Waals surface area contributed by atoms with E-state index in [0.29, 0.717) is 37.7 Å². The highest BCUT2D eigenvalue weighted by atomic mass is 32.2. The molecule has 5 aliphatic carbocycles. The number of nitrogens with zero attached hydrogens (tertiary/aromatic N) is 1. The molecule has 2 atom stereocenters. The van der Waals surface area contributed by atoms with Gasteiger partial charge in [0, 0.05) is 23.6 Å². The van der Waals surface area contributed by atoms with Gasteiger partial charge in [0.15, 0.2) is 0 Å². The molecular weight excluding hydrogens is 440 g/mol. The molecule has 0 heterocycles. The number of sulfonamides is 1. The van der Waals surface area contributed by atoms with Crippen molar-refractivity contribution in [3.05, 3.63) is 29.8 Å². The lowest BCUT2D eigenvalue weighted by atomic mass is 9.47. The van der Waals surface area contributed by atoms with Crippen LogP contribution < -0.4 is 11.1 Å². The number of carbonyl (C=O) groups excluding carboxylic acids is 2. The fourth-order valence-electron chi connectivity index (χ4n) is 6.52. The maximum Gasteiger partial charge on any atom is 0.246 e. The van der Waals surface area contributed by atoms with E-state index in [9.17, 15) is 26.8 Å². The van der Waals surface area contributed by atoms with Crippen molar-refractivity contribution in [3.63, 3.8) is 0 Å². The van der Waals surface area contributed by atoms with Crippen LogP contribution in [0.4, 0.5) is 8.78 Å². The van der Waals surface area contributed by atoms with Gasteiger partial charge in [-0.15, -0.1) is 0 Å². The Bertz CT molecular complexity index is 1060. The van der Waals surface area contributed by atoms with Crippen molar-refractivity contribution in [2.24, 2.45) is 28.9 Å². The Morgan fingerprint density at radius 2 is 1.78 bits per heavy atom. The fourth-order valence-corrected chi connectivity index (χ4v) is 8.21. The van der Waals surface area contributed by atoms with Gasteiger partial charge in [0.2, 0.25) is 21.8 Å². The third-order valence-electron chi connectivity index (χ3n) is 7.86. The summed E-state index contributed by atoms with van der Waals surface area (Å²) < 4.78 is 54.6. The van der Waals surface area contributed by atoms with Crippen molar-refractivity contribution in [3.8, 4) is 0 Å². The van der Waals surface area contributed by atoms with Crippen LogP contribution in [0, 0.1) is 34.8 Å². The summed E-state index contributed by atoms with van der Waals surface area (Å²) in [6.45, 7) is -0.413. The summed E-state index contributed by atoms with van der Waals surface area (Å²) in [7, 11) is -4.29. The standard InChI is InChI=1S/C22H27F2N3O4S/c23-15-1-4-18(17(24)7-15)32(30,31)27(16-2-3-16)11-19(28)26-20-13-5-12-6-14(20)10-22(8-12,9-13)21(25)29/h1,4,7,12-14,16,20H,2-3,5-6,8-11H2,(H2,25,29)(H,26,28). The van der Waals surface area contributed by atoms with Gasteiger partial charge >= 0.3 is 0 Å². The number of primary amides is 1. The van der Waals surface area contributed by atoms with Crippen molar-refractivity contribution < 1.29 is 26.8 Å². The lowest BCUT2D eigenvalue weighted by Crippen LogP contribution is -2.62.